The van der Waals surface area contributed by atoms with Crippen LogP contribution in [0, 0.1) is 12.8 Å². The van der Waals surface area contributed by atoms with Crippen molar-refractivity contribution in [1.82, 2.24) is 15.3 Å². The van der Waals surface area contributed by atoms with Gasteiger partial charge in [-0.25, -0.2) is 5.48 Å². The van der Waals surface area contributed by atoms with Gasteiger partial charge in [-0.05, 0) is 24.6 Å². The predicted molar refractivity (Wildman–Crippen MR) is 71.2 cm³/mol. The van der Waals surface area contributed by atoms with Gasteiger partial charge in [0.05, 0.1) is 12.1 Å². The van der Waals surface area contributed by atoms with Crippen LogP contribution in [0.3, 0.4) is 0 Å². The molecule has 2 heterocycles. The summed E-state index contributed by atoms with van der Waals surface area (Å²) in [5.74, 6) is -0.258. The van der Waals surface area contributed by atoms with E-state index in [0.717, 1.165) is 5.56 Å². The Bertz CT molecular complexity index is 573. The molecular weight excluding hydrogens is 262 g/mol. The summed E-state index contributed by atoms with van der Waals surface area (Å²) in [6.45, 7) is 2.05. The van der Waals surface area contributed by atoms with Gasteiger partial charge in [0.25, 0.3) is 0 Å². The van der Waals surface area contributed by atoms with Crippen LogP contribution >= 0.6 is 11.3 Å². The highest BCUT2D eigenvalue weighted by atomic mass is 32.1. The van der Waals surface area contributed by atoms with Crippen molar-refractivity contribution >= 4 is 17.2 Å². The molecule has 2 N–H and O–H groups in total. The first kappa shape index (κ1) is 12.4. The molecule has 2 aromatic heterocycles. The summed E-state index contributed by atoms with van der Waals surface area (Å²) in [6, 6.07) is 4.13. The standard InChI is InChI=1S/C13H15N3O2S/c1-7-3-4-9(19-7)11-10(12(11)13(17)15-18)8-5-14-16(2)6-8/h3-6,10-12,18H,1-2H3,(H,15,17). The first-order valence-electron chi connectivity index (χ1n) is 6.10. The molecule has 1 amide bonds. The number of hydroxylamine groups is 1. The summed E-state index contributed by atoms with van der Waals surface area (Å²) in [4.78, 5) is 14.2. The number of carbonyl (C=O) groups excluding carboxylic acids is 1. The van der Waals surface area contributed by atoms with Gasteiger partial charge in [0, 0.05) is 34.8 Å². The lowest BCUT2D eigenvalue weighted by atomic mass is 10.2. The molecule has 0 spiro atoms. The Morgan fingerprint density at radius 2 is 2.26 bits per heavy atom. The summed E-state index contributed by atoms with van der Waals surface area (Å²) in [5, 5.41) is 13.0. The van der Waals surface area contributed by atoms with E-state index in [4.69, 9.17) is 5.21 Å². The summed E-state index contributed by atoms with van der Waals surface area (Å²) >= 11 is 1.71. The van der Waals surface area contributed by atoms with Crippen LogP contribution in [0.5, 0.6) is 0 Å². The molecular formula is C13H15N3O2S. The number of hydrogen-bond acceptors (Lipinski definition) is 4. The van der Waals surface area contributed by atoms with Gasteiger partial charge < -0.3 is 0 Å². The Kier molecular flexibility index (Phi) is 2.91. The van der Waals surface area contributed by atoms with Crippen molar-refractivity contribution in [3.05, 3.63) is 39.8 Å². The zero-order chi connectivity index (χ0) is 13.6. The van der Waals surface area contributed by atoms with E-state index in [9.17, 15) is 4.79 Å². The van der Waals surface area contributed by atoms with Crippen molar-refractivity contribution in [2.75, 3.05) is 0 Å². The van der Waals surface area contributed by atoms with Crippen molar-refractivity contribution in [2.24, 2.45) is 13.0 Å². The SMILES string of the molecule is Cc1ccc(C2C(C(=O)NO)C2c2cnn(C)c2)s1. The minimum Gasteiger partial charge on any atom is -0.289 e. The summed E-state index contributed by atoms with van der Waals surface area (Å²) in [6.07, 6.45) is 3.73. The highest BCUT2D eigenvalue weighted by Gasteiger charge is 2.57. The number of aromatic nitrogens is 2. The molecule has 0 saturated heterocycles. The fourth-order valence-corrected chi connectivity index (χ4v) is 3.80. The normalized spacial score (nSPS) is 25.3. The zero-order valence-electron chi connectivity index (χ0n) is 10.7. The van der Waals surface area contributed by atoms with Crippen LogP contribution in [-0.2, 0) is 11.8 Å². The second kappa shape index (κ2) is 4.47. The van der Waals surface area contributed by atoms with Crippen molar-refractivity contribution in [1.29, 1.82) is 0 Å². The van der Waals surface area contributed by atoms with E-state index in [1.807, 2.05) is 13.2 Å². The van der Waals surface area contributed by atoms with E-state index in [1.165, 1.54) is 9.75 Å². The number of rotatable bonds is 3. The first-order valence-corrected chi connectivity index (χ1v) is 6.92. The van der Waals surface area contributed by atoms with E-state index in [0.29, 0.717) is 0 Å². The Morgan fingerprint density at radius 1 is 1.47 bits per heavy atom. The van der Waals surface area contributed by atoms with Gasteiger partial charge in [0.1, 0.15) is 0 Å². The van der Waals surface area contributed by atoms with Gasteiger partial charge in [0.15, 0.2) is 0 Å². The molecule has 5 nitrogen and oxygen atoms in total. The number of carbonyl (C=O) groups is 1. The van der Waals surface area contributed by atoms with Crippen LogP contribution in [0.25, 0.3) is 0 Å². The van der Waals surface area contributed by atoms with Gasteiger partial charge in [-0.15, -0.1) is 11.3 Å². The number of hydrogen-bond donors (Lipinski definition) is 2. The Morgan fingerprint density at radius 3 is 2.79 bits per heavy atom. The van der Waals surface area contributed by atoms with E-state index < -0.39 is 0 Å². The third-order valence-electron chi connectivity index (χ3n) is 3.63. The molecule has 0 aliphatic heterocycles. The molecule has 1 saturated carbocycles. The molecule has 1 aliphatic carbocycles. The maximum Gasteiger partial charge on any atom is 0.247 e. The smallest absolute Gasteiger partial charge is 0.247 e. The lowest BCUT2D eigenvalue weighted by Gasteiger charge is -1.94. The largest absolute Gasteiger partial charge is 0.289 e. The summed E-state index contributed by atoms with van der Waals surface area (Å²) in [5.41, 5.74) is 2.83. The second-order valence-corrected chi connectivity index (χ2v) is 6.27. The van der Waals surface area contributed by atoms with Crippen LogP contribution in [0.4, 0.5) is 0 Å². The number of nitrogens with one attached hydrogen (secondary N) is 1. The molecule has 19 heavy (non-hydrogen) atoms. The third-order valence-corrected chi connectivity index (χ3v) is 4.73. The molecule has 1 fully saturated rings. The van der Waals surface area contributed by atoms with Gasteiger partial charge in [-0.1, -0.05) is 0 Å². The average Bonchev–Trinajstić information content (AvgIpc) is 2.73. The van der Waals surface area contributed by atoms with Gasteiger partial charge in [0.2, 0.25) is 5.91 Å². The molecule has 1 aliphatic rings. The number of aryl methyl sites for hydroxylation is 2. The highest BCUT2D eigenvalue weighted by Crippen LogP contribution is 2.61. The van der Waals surface area contributed by atoms with Gasteiger partial charge in [-0.3, -0.25) is 14.7 Å². The van der Waals surface area contributed by atoms with Crippen molar-refractivity contribution in [2.45, 2.75) is 18.8 Å². The Balaban J connectivity index is 1.91. The van der Waals surface area contributed by atoms with E-state index >= 15 is 0 Å². The maximum absolute atomic E-state index is 11.8. The van der Waals surface area contributed by atoms with Crippen molar-refractivity contribution in [3.63, 3.8) is 0 Å². The van der Waals surface area contributed by atoms with Crippen LogP contribution in [0.1, 0.15) is 27.2 Å². The highest BCUT2D eigenvalue weighted by molar-refractivity contribution is 7.12. The van der Waals surface area contributed by atoms with Crippen LogP contribution < -0.4 is 5.48 Å². The number of amides is 1. The van der Waals surface area contributed by atoms with Gasteiger partial charge >= 0.3 is 0 Å². The third kappa shape index (κ3) is 2.06. The first-order chi connectivity index (χ1) is 9.11. The number of thiophene rings is 1. The molecule has 0 radical (unpaired) electrons. The summed E-state index contributed by atoms with van der Waals surface area (Å²) in [7, 11) is 1.86. The zero-order valence-corrected chi connectivity index (χ0v) is 11.5. The fraction of sp³-hybridized carbons (Fsp3) is 0.385. The molecule has 100 valence electrons. The van der Waals surface area contributed by atoms with Crippen molar-refractivity contribution < 1.29 is 10.0 Å². The molecule has 3 atom stereocenters. The van der Waals surface area contributed by atoms with Crippen LogP contribution in [-0.4, -0.2) is 20.9 Å². The molecule has 0 aromatic carbocycles. The lowest BCUT2D eigenvalue weighted by Crippen LogP contribution is -2.21. The quantitative estimate of drug-likeness (QED) is 0.664. The Hall–Kier alpha value is -1.66. The molecule has 3 unspecified atom stereocenters. The van der Waals surface area contributed by atoms with Crippen LogP contribution in [0.2, 0.25) is 0 Å². The monoisotopic (exact) mass is 277 g/mol. The minimum atomic E-state index is -0.315. The van der Waals surface area contributed by atoms with E-state index in [1.54, 1.807) is 27.7 Å². The number of nitrogens with zero attached hydrogens (tertiary/aromatic N) is 2. The molecule has 6 heteroatoms. The van der Waals surface area contributed by atoms with E-state index in [-0.39, 0.29) is 23.7 Å². The second-order valence-electron chi connectivity index (χ2n) is 4.95. The average molecular weight is 277 g/mol. The fourth-order valence-electron chi connectivity index (χ4n) is 2.73. The maximum atomic E-state index is 11.8. The lowest BCUT2D eigenvalue weighted by molar-refractivity contribution is -0.130. The predicted octanol–water partition coefficient (Wildman–Crippen LogP) is 1.79. The Labute approximate surface area is 114 Å². The minimum absolute atomic E-state index is 0.110. The van der Waals surface area contributed by atoms with E-state index in [2.05, 4.69) is 24.2 Å². The van der Waals surface area contributed by atoms with Crippen LogP contribution in [0.15, 0.2) is 24.5 Å². The summed E-state index contributed by atoms with van der Waals surface area (Å²) < 4.78 is 1.73. The van der Waals surface area contributed by atoms with Gasteiger partial charge in [-0.2, -0.15) is 5.10 Å². The van der Waals surface area contributed by atoms with Crippen molar-refractivity contribution in [3.8, 4) is 0 Å². The topological polar surface area (TPSA) is 67.2 Å². The molecule has 3 rings (SSSR count). The molecule has 2 aromatic rings. The molecule has 0 bridgehead atoms.